The Morgan fingerprint density at radius 3 is 2.93 bits per heavy atom. The molecule has 2 aliphatic heterocycles. The van der Waals surface area contributed by atoms with Crippen LogP contribution < -0.4 is 10.6 Å². The summed E-state index contributed by atoms with van der Waals surface area (Å²) in [7, 11) is 0. The van der Waals surface area contributed by atoms with Gasteiger partial charge in [0, 0.05) is 30.7 Å². The average molecular weight is 228 g/mol. The Balaban J connectivity index is 1.76. The molecule has 0 aromatic rings. The summed E-state index contributed by atoms with van der Waals surface area (Å²) in [5.41, 5.74) is 0. The summed E-state index contributed by atoms with van der Waals surface area (Å²) in [4.78, 5) is 22.7. The summed E-state index contributed by atoms with van der Waals surface area (Å²) in [6.07, 6.45) is 2.30. The molecule has 2 aliphatic rings. The molecule has 2 rings (SSSR count). The van der Waals surface area contributed by atoms with Crippen molar-refractivity contribution in [2.45, 2.75) is 25.3 Å². The number of amides is 2. The molecule has 4 nitrogen and oxygen atoms in total. The third-order valence-corrected chi connectivity index (χ3v) is 4.07. The normalized spacial score (nSPS) is 31.1. The monoisotopic (exact) mass is 228 g/mol. The van der Waals surface area contributed by atoms with Crippen LogP contribution in [0.3, 0.4) is 0 Å². The van der Waals surface area contributed by atoms with Gasteiger partial charge in [-0.1, -0.05) is 0 Å². The highest BCUT2D eigenvalue weighted by Gasteiger charge is 2.26. The first-order valence-electron chi connectivity index (χ1n) is 5.40. The van der Waals surface area contributed by atoms with E-state index in [0.717, 1.165) is 24.3 Å². The Morgan fingerprint density at radius 2 is 2.33 bits per heavy atom. The van der Waals surface area contributed by atoms with E-state index in [0.29, 0.717) is 13.0 Å². The summed E-state index contributed by atoms with van der Waals surface area (Å²) < 4.78 is 0. The summed E-state index contributed by atoms with van der Waals surface area (Å²) in [5, 5.41) is 5.78. The molecular weight excluding hydrogens is 212 g/mol. The average Bonchev–Trinajstić information content (AvgIpc) is 2.74. The zero-order valence-electron chi connectivity index (χ0n) is 8.62. The molecule has 2 saturated heterocycles. The molecule has 0 bridgehead atoms. The Morgan fingerprint density at radius 1 is 1.47 bits per heavy atom. The minimum atomic E-state index is 0.0944. The minimum absolute atomic E-state index is 0.0944. The third-order valence-electron chi connectivity index (χ3n) is 2.91. The number of thioether (sulfide) groups is 1. The van der Waals surface area contributed by atoms with E-state index in [2.05, 4.69) is 10.6 Å². The van der Waals surface area contributed by atoms with Crippen LogP contribution in [0.1, 0.15) is 19.3 Å². The van der Waals surface area contributed by atoms with E-state index in [1.54, 1.807) is 0 Å². The van der Waals surface area contributed by atoms with Gasteiger partial charge in [0.1, 0.15) is 0 Å². The molecule has 2 fully saturated rings. The maximum atomic E-state index is 11.8. The Bertz CT molecular complexity index is 254. The van der Waals surface area contributed by atoms with Gasteiger partial charge < -0.3 is 10.6 Å². The van der Waals surface area contributed by atoms with Gasteiger partial charge in [0.05, 0.1) is 0 Å². The van der Waals surface area contributed by atoms with Crippen molar-refractivity contribution in [1.82, 2.24) is 10.6 Å². The fourth-order valence-electron chi connectivity index (χ4n) is 1.92. The predicted molar refractivity (Wildman–Crippen MR) is 59.6 cm³/mol. The molecule has 2 amide bonds. The summed E-state index contributed by atoms with van der Waals surface area (Å²) in [6, 6.07) is 0.140. The van der Waals surface area contributed by atoms with E-state index in [4.69, 9.17) is 0 Å². The maximum absolute atomic E-state index is 11.8. The van der Waals surface area contributed by atoms with Gasteiger partial charge in [-0.25, -0.2) is 0 Å². The van der Waals surface area contributed by atoms with Gasteiger partial charge in [0.15, 0.2) is 0 Å². The van der Waals surface area contributed by atoms with Crippen molar-refractivity contribution in [3.63, 3.8) is 0 Å². The van der Waals surface area contributed by atoms with Crippen molar-refractivity contribution >= 4 is 23.6 Å². The molecule has 0 aromatic heterocycles. The molecule has 84 valence electrons. The van der Waals surface area contributed by atoms with Crippen molar-refractivity contribution in [3.8, 4) is 0 Å². The molecule has 5 heteroatoms. The van der Waals surface area contributed by atoms with Gasteiger partial charge in [-0.3, -0.25) is 9.59 Å². The Labute approximate surface area is 93.6 Å². The first-order valence-corrected chi connectivity index (χ1v) is 6.56. The van der Waals surface area contributed by atoms with Crippen LogP contribution in [0.4, 0.5) is 0 Å². The van der Waals surface area contributed by atoms with Crippen LogP contribution in [-0.2, 0) is 9.59 Å². The van der Waals surface area contributed by atoms with E-state index in [9.17, 15) is 9.59 Å². The maximum Gasteiger partial charge on any atom is 0.224 e. The second kappa shape index (κ2) is 4.88. The number of carbonyl (C=O) groups is 2. The van der Waals surface area contributed by atoms with Crippen molar-refractivity contribution in [2.24, 2.45) is 5.92 Å². The van der Waals surface area contributed by atoms with Crippen LogP contribution in [0.5, 0.6) is 0 Å². The van der Waals surface area contributed by atoms with Gasteiger partial charge >= 0.3 is 0 Å². The molecule has 0 aromatic carbocycles. The highest BCUT2D eigenvalue weighted by atomic mass is 32.2. The highest BCUT2D eigenvalue weighted by Crippen LogP contribution is 2.23. The van der Waals surface area contributed by atoms with Crippen LogP contribution in [0, 0.1) is 5.92 Å². The van der Waals surface area contributed by atoms with Crippen LogP contribution >= 0.6 is 11.8 Å². The second-order valence-electron chi connectivity index (χ2n) is 4.11. The molecule has 0 saturated carbocycles. The number of rotatable bonds is 2. The molecule has 0 radical (unpaired) electrons. The molecule has 0 aliphatic carbocycles. The molecule has 0 spiro atoms. The predicted octanol–water partition coefficient (Wildman–Crippen LogP) is 0.134. The molecule has 2 heterocycles. The zero-order valence-corrected chi connectivity index (χ0v) is 9.44. The van der Waals surface area contributed by atoms with E-state index < -0.39 is 0 Å². The minimum Gasteiger partial charge on any atom is -0.354 e. The number of nitrogens with one attached hydrogen (secondary N) is 2. The molecule has 2 N–H and O–H groups in total. The second-order valence-corrected chi connectivity index (χ2v) is 5.26. The van der Waals surface area contributed by atoms with Gasteiger partial charge in [0.25, 0.3) is 0 Å². The number of piperidine rings is 1. The first-order chi connectivity index (χ1) is 7.25. The Kier molecular flexibility index (Phi) is 3.51. The van der Waals surface area contributed by atoms with Crippen LogP contribution in [0.15, 0.2) is 0 Å². The van der Waals surface area contributed by atoms with E-state index in [-0.39, 0.29) is 23.8 Å². The molecule has 15 heavy (non-hydrogen) atoms. The molecule has 2 atom stereocenters. The summed E-state index contributed by atoms with van der Waals surface area (Å²) in [6.45, 7) is 0.588. The lowest BCUT2D eigenvalue weighted by Crippen LogP contribution is -2.49. The first kappa shape index (κ1) is 10.8. The fraction of sp³-hybridized carbons (Fsp3) is 0.800. The van der Waals surface area contributed by atoms with Crippen molar-refractivity contribution in [2.75, 3.05) is 18.1 Å². The van der Waals surface area contributed by atoms with Crippen LogP contribution in [-0.4, -0.2) is 35.9 Å². The topological polar surface area (TPSA) is 58.2 Å². The van der Waals surface area contributed by atoms with Gasteiger partial charge in [0.2, 0.25) is 11.8 Å². The van der Waals surface area contributed by atoms with Gasteiger partial charge in [-0.05, 0) is 18.6 Å². The summed E-state index contributed by atoms with van der Waals surface area (Å²) >= 11 is 1.84. The lowest BCUT2D eigenvalue weighted by Gasteiger charge is -2.24. The van der Waals surface area contributed by atoms with E-state index in [1.807, 2.05) is 11.8 Å². The molecular formula is C10H16N2O2S. The van der Waals surface area contributed by atoms with Crippen LogP contribution in [0.25, 0.3) is 0 Å². The van der Waals surface area contributed by atoms with Crippen molar-refractivity contribution in [3.05, 3.63) is 0 Å². The third kappa shape index (κ3) is 2.87. The van der Waals surface area contributed by atoms with Gasteiger partial charge in [-0.2, -0.15) is 11.8 Å². The quantitative estimate of drug-likeness (QED) is 0.706. The Hall–Kier alpha value is -0.710. The SMILES string of the molecule is O=C1CCC(NC(=O)C2CCSC2)CN1. The number of hydrogen-bond acceptors (Lipinski definition) is 3. The fourth-order valence-corrected chi connectivity index (χ4v) is 3.14. The number of carbonyl (C=O) groups excluding carboxylic acids is 2. The summed E-state index contributed by atoms with van der Waals surface area (Å²) in [5.74, 6) is 2.50. The lowest BCUT2D eigenvalue weighted by molar-refractivity contribution is -0.127. The largest absolute Gasteiger partial charge is 0.354 e. The standard InChI is InChI=1S/C10H16N2O2S/c13-9-2-1-8(5-11-9)12-10(14)7-3-4-15-6-7/h7-8H,1-6H2,(H,11,13)(H,12,14). The smallest absolute Gasteiger partial charge is 0.224 e. The van der Waals surface area contributed by atoms with Crippen molar-refractivity contribution in [1.29, 1.82) is 0 Å². The van der Waals surface area contributed by atoms with E-state index in [1.165, 1.54) is 0 Å². The lowest BCUT2D eigenvalue weighted by atomic mass is 10.0. The number of hydrogen-bond donors (Lipinski definition) is 2. The zero-order chi connectivity index (χ0) is 10.7. The molecule has 2 unspecified atom stereocenters. The van der Waals surface area contributed by atoms with E-state index >= 15 is 0 Å². The van der Waals surface area contributed by atoms with Crippen LogP contribution in [0.2, 0.25) is 0 Å². The van der Waals surface area contributed by atoms with Gasteiger partial charge in [-0.15, -0.1) is 0 Å². The highest BCUT2D eigenvalue weighted by molar-refractivity contribution is 7.99. The van der Waals surface area contributed by atoms with Crippen molar-refractivity contribution < 1.29 is 9.59 Å².